The fourth-order valence-electron chi connectivity index (χ4n) is 4.24. The molecular formula is C23H30O. The highest BCUT2D eigenvalue weighted by atomic mass is 16.5. The van der Waals surface area contributed by atoms with Gasteiger partial charge < -0.3 is 4.74 Å². The van der Waals surface area contributed by atoms with Crippen LogP contribution in [-0.2, 0) is 5.41 Å². The predicted octanol–water partition coefficient (Wildman–Crippen LogP) is 6.30. The highest BCUT2D eigenvalue weighted by molar-refractivity contribution is 5.33. The van der Waals surface area contributed by atoms with E-state index in [-0.39, 0.29) is 10.8 Å². The first-order valence-corrected chi connectivity index (χ1v) is 9.29. The van der Waals surface area contributed by atoms with E-state index in [1.54, 1.807) is 0 Å². The van der Waals surface area contributed by atoms with E-state index in [1.807, 2.05) is 0 Å². The Labute approximate surface area is 147 Å². The summed E-state index contributed by atoms with van der Waals surface area (Å²) >= 11 is 0. The molecule has 1 fully saturated rings. The molecule has 0 radical (unpaired) electrons. The lowest BCUT2D eigenvalue weighted by atomic mass is 9.56. The third-order valence-corrected chi connectivity index (χ3v) is 6.31. The zero-order chi connectivity index (χ0) is 17.0. The summed E-state index contributed by atoms with van der Waals surface area (Å²) < 4.78 is 6.37. The first-order chi connectivity index (χ1) is 11.6. The molecule has 0 aliphatic heterocycles. The molecule has 0 aromatic heterocycles. The fourth-order valence-corrected chi connectivity index (χ4v) is 4.24. The molecule has 0 unspecified atom stereocenters. The lowest BCUT2D eigenvalue weighted by Gasteiger charge is -2.49. The maximum absolute atomic E-state index is 6.37. The fraction of sp³-hybridized carbons (Fsp3) is 0.478. The molecule has 1 aliphatic carbocycles. The van der Waals surface area contributed by atoms with Gasteiger partial charge in [-0.2, -0.15) is 0 Å². The van der Waals surface area contributed by atoms with E-state index >= 15 is 0 Å². The van der Waals surface area contributed by atoms with E-state index < -0.39 is 0 Å². The first kappa shape index (κ1) is 17.1. The number of hydrogen-bond acceptors (Lipinski definition) is 1. The molecule has 3 rings (SSSR count). The van der Waals surface area contributed by atoms with Gasteiger partial charge in [0.05, 0.1) is 6.61 Å². The van der Waals surface area contributed by atoms with Gasteiger partial charge in [-0.1, -0.05) is 81.6 Å². The van der Waals surface area contributed by atoms with Crippen LogP contribution in [0.5, 0.6) is 5.75 Å². The summed E-state index contributed by atoms with van der Waals surface area (Å²) in [7, 11) is 0. The van der Waals surface area contributed by atoms with Gasteiger partial charge in [0.1, 0.15) is 5.75 Å². The summed E-state index contributed by atoms with van der Waals surface area (Å²) in [5.74, 6) is 1.01. The van der Waals surface area contributed by atoms with Crippen molar-refractivity contribution in [1.82, 2.24) is 0 Å². The highest BCUT2D eigenvalue weighted by Gasteiger charge is 2.46. The molecule has 24 heavy (non-hydrogen) atoms. The molecule has 1 atom stereocenters. The van der Waals surface area contributed by atoms with Crippen LogP contribution < -0.4 is 4.74 Å². The average molecular weight is 322 g/mol. The zero-order valence-corrected chi connectivity index (χ0v) is 15.3. The van der Waals surface area contributed by atoms with Gasteiger partial charge in [0.2, 0.25) is 0 Å². The lowest BCUT2D eigenvalue weighted by molar-refractivity contribution is 0.0511. The van der Waals surface area contributed by atoms with Crippen LogP contribution in [0.4, 0.5) is 0 Å². The number of benzene rings is 2. The average Bonchev–Trinajstić information content (AvgIpc) is 2.62. The maximum Gasteiger partial charge on any atom is 0.122 e. The van der Waals surface area contributed by atoms with Crippen LogP contribution in [0.3, 0.4) is 0 Å². The van der Waals surface area contributed by atoms with Crippen LogP contribution in [-0.4, -0.2) is 6.61 Å². The molecule has 2 aromatic carbocycles. The SMILES string of the molecule is Cc1ccccc1OC[C@](C)(c1ccccc1)C1(C)CCCCC1. The Kier molecular flexibility index (Phi) is 4.99. The van der Waals surface area contributed by atoms with Crippen LogP contribution in [0.1, 0.15) is 57.1 Å². The zero-order valence-electron chi connectivity index (χ0n) is 15.3. The standard InChI is InChI=1S/C23H30O/c1-19-12-8-9-15-21(19)24-18-23(3,20-13-6-4-7-14-20)22(2)16-10-5-11-17-22/h4,6-9,12-15H,5,10-11,16-18H2,1-3H3/t23-/m1/s1. The second-order valence-electron chi connectivity index (χ2n) is 7.87. The molecule has 128 valence electrons. The van der Waals surface area contributed by atoms with Crippen molar-refractivity contribution >= 4 is 0 Å². The quantitative estimate of drug-likeness (QED) is 0.627. The minimum Gasteiger partial charge on any atom is -0.492 e. The van der Waals surface area contributed by atoms with Crippen molar-refractivity contribution in [3.8, 4) is 5.75 Å². The van der Waals surface area contributed by atoms with Crippen LogP contribution in [0.25, 0.3) is 0 Å². The molecule has 0 saturated heterocycles. The summed E-state index contributed by atoms with van der Waals surface area (Å²) in [6.07, 6.45) is 6.62. The Bertz CT molecular complexity index is 655. The predicted molar refractivity (Wildman–Crippen MR) is 102 cm³/mol. The van der Waals surface area contributed by atoms with Crippen LogP contribution in [0.2, 0.25) is 0 Å². The monoisotopic (exact) mass is 322 g/mol. The summed E-state index contributed by atoms with van der Waals surface area (Å²) in [5.41, 5.74) is 2.93. The third-order valence-electron chi connectivity index (χ3n) is 6.31. The molecule has 2 aromatic rings. The minimum absolute atomic E-state index is 0.0248. The Morgan fingerprint density at radius 1 is 0.917 bits per heavy atom. The molecule has 1 aliphatic rings. The molecule has 0 spiro atoms. The van der Waals surface area contributed by atoms with E-state index in [4.69, 9.17) is 4.74 Å². The third kappa shape index (κ3) is 3.22. The van der Waals surface area contributed by atoms with Crippen molar-refractivity contribution in [1.29, 1.82) is 0 Å². The molecule has 0 amide bonds. The summed E-state index contributed by atoms with van der Waals surface area (Å²) in [4.78, 5) is 0. The smallest absolute Gasteiger partial charge is 0.122 e. The molecule has 0 bridgehead atoms. The van der Waals surface area contributed by atoms with Gasteiger partial charge in [0.15, 0.2) is 0 Å². The molecule has 1 saturated carbocycles. The van der Waals surface area contributed by atoms with Gasteiger partial charge in [0.25, 0.3) is 0 Å². The van der Waals surface area contributed by atoms with Crippen molar-refractivity contribution < 1.29 is 4.74 Å². The Hall–Kier alpha value is -1.76. The van der Waals surface area contributed by atoms with E-state index in [0.29, 0.717) is 0 Å². The molecule has 0 heterocycles. The highest BCUT2D eigenvalue weighted by Crippen LogP contribution is 2.51. The van der Waals surface area contributed by atoms with E-state index in [2.05, 4.69) is 75.4 Å². The molecule has 1 nitrogen and oxygen atoms in total. The topological polar surface area (TPSA) is 9.23 Å². The largest absolute Gasteiger partial charge is 0.492 e. The van der Waals surface area contributed by atoms with Crippen molar-refractivity contribution in [2.24, 2.45) is 5.41 Å². The molecular weight excluding hydrogens is 292 g/mol. The number of para-hydroxylation sites is 1. The second kappa shape index (κ2) is 7.01. The van der Waals surface area contributed by atoms with Crippen molar-refractivity contribution in [3.63, 3.8) is 0 Å². The lowest BCUT2D eigenvalue weighted by Crippen LogP contribution is -2.47. The summed E-state index contributed by atoms with van der Waals surface area (Å²) in [6, 6.07) is 19.3. The van der Waals surface area contributed by atoms with Crippen molar-refractivity contribution in [2.75, 3.05) is 6.61 Å². The Morgan fingerprint density at radius 3 is 2.21 bits per heavy atom. The van der Waals surface area contributed by atoms with Gasteiger partial charge in [0, 0.05) is 5.41 Å². The van der Waals surface area contributed by atoms with Gasteiger partial charge in [-0.3, -0.25) is 0 Å². The van der Waals surface area contributed by atoms with Crippen molar-refractivity contribution in [2.45, 2.75) is 58.3 Å². The number of hydrogen-bond donors (Lipinski definition) is 0. The van der Waals surface area contributed by atoms with Crippen LogP contribution in [0, 0.1) is 12.3 Å². The first-order valence-electron chi connectivity index (χ1n) is 9.29. The van der Waals surface area contributed by atoms with Gasteiger partial charge in [-0.05, 0) is 42.4 Å². The van der Waals surface area contributed by atoms with Gasteiger partial charge in [-0.15, -0.1) is 0 Å². The summed E-state index contributed by atoms with van der Waals surface area (Å²) in [6.45, 7) is 7.74. The van der Waals surface area contributed by atoms with E-state index in [9.17, 15) is 0 Å². The Morgan fingerprint density at radius 2 is 1.54 bits per heavy atom. The normalized spacial score (nSPS) is 19.5. The molecule has 1 heteroatoms. The maximum atomic E-state index is 6.37. The van der Waals surface area contributed by atoms with Crippen LogP contribution >= 0.6 is 0 Å². The number of ether oxygens (including phenoxy) is 1. The Balaban J connectivity index is 1.92. The van der Waals surface area contributed by atoms with E-state index in [1.165, 1.54) is 43.2 Å². The minimum atomic E-state index is 0.0248. The summed E-state index contributed by atoms with van der Waals surface area (Å²) in [5, 5.41) is 0. The van der Waals surface area contributed by atoms with Gasteiger partial charge >= 0.3 is 0 Å². The number of rotatable bonds is 5. The molecule has 0 N–H and O–H groups in total. The second-order valence-corrected chi connectivity index (χ2v) is 7.87. The number of aryl methyl sites for hydroxylation is 1. The van der Waals surface area contributed by atoms with Crippen molar-refractivity contribution in [3.05, 3.63) is 65.7 Å². The van der Waals surface area contributed by atoms with Crippen LogP contribution in [0.15, 0.2) is 54.6 Å². The van der Waals surface area contributed by atoms with Gasteiger partial charge in [-0.25, -0.2) is 0 Å². The van der Waals surface area contributed by atoms with E-state index in [0.717, 1.165) is 12.4 Å².